The highest BCUT2D eigenvalue weighted by Gasteiger charge is 2.05. The molecule has 1 heterocycles. The van der Waals surface area contributed by atoms with Crippen LogP contribution in [0.1, 0.15) is 11.3 Å². The number of hydrogen-bond acceptors (Lipinski definition) is 3. The van der Waals surface area contributed by atoms with E-state index < -0.39 is 0 Å². The summed E-state index contributed by atoms with van der Waals surface area (Å²) in [6.45, 7) is 2.45. The highest BCUT2D eigenvalue weighted by molar-refractivity contribution is 9.10. The number of nitrogens with two attached hydrogens (primary N) is 1. The van der Waals surface area contributed by atoms with Crippen LogP contribution in [0.4, 0.5) is 5.69 Å². The van der Waals surface area contributed by atoms with E-state index in [-0.39, 0.29) is 0 Å². The monoisotopic (exact) mass is 292 g/mol. The van der Waals surface area contributed by atoms with E-state index in [4.69, 9.17) is 10.5 Å². The molecule has 0 radical (unpaired) electrons. The van der Waals surface area contributed by atoms with E-state index in [9.17, 15) is 0 Å². The highest BCUT2D eigenvalue weighted by Crippen LogP contribution is 2.30. The van der Waals surface area contributed by atoms with Crippen LogP contribution in [0.3, 0.4) is 0 Å². The fraction of sp³-hybridized carbons (Fsp3) is 0.154. The minimum absolute atomic E-state index is 0.439. The van der Waals surface area contributed by atoms with Crippen molar-refractivity contribution in [3.8, 4) is 5.75 Å². The summed E-state index contributed by atoms with van der Waals surface area (Å²) in [4.78, 5) is 4.27. The lowest BCUT2D eigenvalue weighted by molar-refractivity contribution is 0.299. The van der Waals surface area contributed by atoms with Gasteiger partial charge >= 0.3 is 0 Å². The SMILES string of the molecule is Cc1cccnc1COc1cccc(N)c1Br. The van der Waals surface area contributed by atoms with Crippen molar-refractivity contribution in [3.05, 3.63) is 52.3 Å². The molecule has 0 aliphatic heterocycles. The summed E-state index contributed by atoms with van der Waals surface area (Å²) >= 11 is 3.40. The number of rotatable bonds is 3. The summed E-state index contributed by atoms with van der Waals surface area (Å²) in [6, 6.07) is 9.48. The lowest BCUT2D eigenvalue weighted by atomic mass is 10.2. The normalized spacial score (nSPS) is 10.2. The molecular formula is C13H13BrN2O. The molecule has 0 saturated heterocycles. The van der Waals surface area contributed by atoms with Crippen LogP contribution < -0.4 is 10.5 Å². The molecule has 3 nitrogen and oxygen atoms in total. The van der Waals surface area contributed by atoms with Crippen molar-refractivity contribution in [3.63, 3.8) is 0 Å². The minimum Gasteiger partial charge on any atom is -0.486 e. The molecule has 0 saturated carbocycles. The molecule has 4 heteroatoms. The first-order valence-electron chi connectivity index (χ1n) is 5.26. The fourth-order valence-electron chi connectivity index (χ4n) is 1.45. The topological polar surface area (TPSA) is 48.1 Å². The quantitative estimate of drug-likeness (QED) is 0.883. The van der Waals surface area contributed by atoms with Gasteiger partial charge in [-0.3, -0.25) is 4.98 Å². The smallest absolute Gasteiger partial charge is 0.136 e. The van der Waals surface area contributed by atoms with Gasteiger partial charge in [-0.25, -0.2) is 0 Å². The molecule has 0 aliphatic rings. The predicted octanol–water partition coefficient (Wildman–Crippen LogP) is 3.31. The van der Waals surface area contributed by atoms with Gasteiger partial charge in [-0.1, -0.05) is 12.1 Å². The van der Waals surface area contributed by atoms with E-state index in [0.29, 0.717) is 12.3 Å². The molecule has 2 aromatic rings. The van der Waals surface area contributed by atoms with Crippen molar-refractivity contribution < 1.29 is 4.74 Å². The van der Waals surface area contributed by atoms with Gasteiger partial charge in [-0.2, -0.15) is 0 Å². The average molecular weight is 293 g/mol. The molecule has 0 bridgehead atoms. The van der Waals surface area contributed by atoms with E-state index in [2.05, 4.69) is 20.9 Å². The molecule has 0 unspecified atom stereocenters. The van der Waals surface area contributed by atoms with Crippen LogP contribution in [0.15, 0.2) is 41.0 Å². The molecule has 1 aromatic carbocycles. The second-order valence-electron chi connectivity index (χ2n) is 3.72. The summed E-state index contributed by atoms with van der Waals surface area (Å²) in [7, 11) is 0. The summed E-state index contributed by atoms with van der Waals surface area (Å²) in [6.07, 6.45) is 1.76. The predicted molar refractivity (Wildman–Crippen MR) is 71.9 cm³/mol. The second kappa shape index (κ2) is 5.19. The molecule has 0 spiro atoms. The van der Waals surface area contributed by atoms with E-state index in [1.54, 1.807) is 6.20 Å². The first-order chi connectivity index (χ1) is 8.18. The number of nitrogens with zero attached hydrogens (tertiary/aromatic N) is 1. The molecule has 2 rings (SSSR count). The number of pyridine rings is 1. The third-order valence-corrected chi connectivity index (χ3v) is 3.32. The largest absolute Gasteiger partial charge is 0.486 e. The van der Waals surface area contributed by atoms with E-state index >= 15 is 0 Å². The van der Waals surface area contributed by atoms with Gasteiger partial charge in [0.1, 0.15) is 12.4 Å². The van der Waals surface area contributed by atoms with Crippen molar-refractivity contribution in [2.24, 2.45) is 0 Å². The Morgan fingerprint density at radius 1 is 1.29 bits per heavy atom. The molecule has 2 N–H and O–H groups in total. The van der Waals surface area contributed by atoms with Gasteiger partial charge in [0.05, 0.1) is 10.2 Å². The summed E-state index contributed by atoms with van der Waals surface area (Å²) in [5.41, 5.74) is 8.49. The Hall–Kier alpha value is -1.55. The van der Waals surface area contributed by atoms with Crippen molar-refractivity contribution in [2.75, 3.05) is 5.73 Å². The van der Waals surface area contributed by atoms with Crippen molar-refractivity contribution in [1.82, 2.24) is 4.98 Å². The molecule has 17 heavy (non-hydrogen) atoms. The number of halogens is 1. The maximum absolute atomic E-state index is 5.78. The summed E-state index contributed by atoms with van der Waals surface area (Å²) in [5.74, 6) is 0.732. The zero-order chi connectivity index (χ0) is 12.3. The first kappa shape index (κ1) is 11.9. The number of aryl methyl sites for hydroxylation is 1. The summed E-state index contributed by atoms with van der Waals surface area (Å²) < 4.78 is 6.48. The van der Waals surface area contributed by atoms with Crippen LogP contribution >= 0.6 is 15.9 Å². The lowest BCUT2D eigenvalue weighted by Crippen LogP contribution is -2.01. The maximum atomic E-state index is 5.78. The lowest BCUT2D eigenvalue weighted by Gasteiger charge is -2.10. The van der Waals surface area contributed by atoms with Gasteiger partial charge in [-0.05, 0) is 46.6 Å². The second-order valence-corrected chi connectivity index (χ2v) is 4.51. The number of ether oxygens (including phenoxy) is 1. The number of aromatic nitrogens is 1. The molecule has 88 valence electrons. The standard InChI is InChI=1S/C13H13BrN2O/c1-9-4-3-7-16-11(9)8-17-12-6-2-5-10(15)13(12)14/h2-7H,8,15H2,1H3. The van der Waals surface area contributed by atoms with Crippen molar-refractivity contribution in [1.29, 1.82) is 0 Å². The van der Waals surface area contributed by atoms with Gasteiger partial charge < -0.3 is 10.5 Å². The van der Waals surface area contributed by atoms with Crippen molar-refractivity contribution >= 4 is 21.6 Å². The van der Waals surface area contributed by atoms with Gasteiger partial charge in [0.2, 0.25) is 0 Å². The van der Waals surface area contributed by atoms with Crippen molar-refractivity contribution in [2.45, 2.75) is 13.5 Å². The third-order valence-electron chi connectivity index (χ3n) is 2.48. The van der Waals surface area contributed by atoms with E-state index in [1.165, 1.54) is 0 Å². The molecule has 1 aromatic heterocycles. The van der Waals surface area contributed by atoms with Crippen LogP contribution in [-0.4, -0.2) is 4.98 Å². The zero-order valence-electron chi connectivity index (χ0n) is 9.48. The summed E-state index contributed by atoms with van der Waals surface area (Å²) in [5, 5.41) is 0. The van der Waals surface area contributed by atoms with Crippen LogP contribution in [0.5, 0.6) is 5.75 Å². The fourth-order valence-corrected chi connectivity index (χ4v) is 1.83. The Morgan fingerprint density at radius 2 is 2.12 bits per heavy atom. The van der Waals surface area contributed by atoms with E-state index in [1.807, 2.05) is 37.3 Å². The molecular weight excluding hydrogens is 280 g/mol. The van der Waals surface area contributed by atoms with Crippen LogP contribution in [0.25, 0.3) is 0 Å². The van der Waals surface area contributed by atoms with Gasteiger partial charge in [0, 0.05) is 11.9 Å². The van der Waals surface area contributed by atoms with Gasteiger partial charge in [-0.15, -0.1) is 0 Å². The van der Waals surface area contributed by atoms with Crippen LogP contribution in [0.2, 0.25) is 0 Å². The Labute approximate surface area is 109 Å². The Balaban J connectivity index is 2.13. The molecule has 0 aliphatic carbocycles. The number of hydrogen-bond donors (Lipinski definition) is 1. The number of benzene rings is 1. The highest BCUT2D eigenvalue weighted by atomic mass is 79.9. The van der Waals surface area contributed by atoms with Crippen LogP contribution in [0, 0.1) is 6.92 Å². The van der Waals surface area contributed by atoms with Gasteiger partial charge in [0.25, 0.3) is 0 Å². The molecule has 0 fully saturated rings. The Bertz CT molecular complexity index is 529. The van der Waals surface area contributed by atoms with E-state index in [0.717, 1.165) is 21.5 Å². The Morgan fingerprint density at radius 3 is 2.88 bits per heavy atom. The van der Waals surface area contributed by atoms with Gasteiger partial charge in [0.15, 0.2) is 0 Å². The number of anilines is 1. The zero-order valence-corrected chi connectivity index (χ0v) is 11.1. The third kappa shape index (κ3) is 2.77. The number of nitrogen functional groups attached to an aromatic ring is 1. The minimum atomic E-state index is 0.439. The van der Waals surface area contributed by atoms with Crippen LogP contribution in [-0.2, 0) is 6.61 Å². The molecule has 0 atom stereocenters. The first-order valence-corrected chi connectivity index (χ1v) is 6.05. The molecule has 0 amide bonds. The average Bonchev–Trinajstić information content (AvgIpc) is 2.33. The maximum Gasteiger partial charge on any atom is 0.136 e. The Kier molecular flexibility index (Phi) is 3.64.